The van der Waals surface area contributed by atoms with Gasteiger partial charge in [-0.3, -0.25) is 4.79 Å². The highest BCUT2D eigenvalue weighted by molar-refractivity contribution is 5.67. The third-order valence-electron chi connectivity index (χ3n) is 3.39. The molecule has 0 aromatic heterocycles. The summed E-state index contributed by atoms with van der Waals surface area (Å²) < 4.78 is 11.4. The van der Waals surface area contributed by atoms with Crippen LogP contribution in [-0.4, -0.2) is 24.3 Å². The molecule has 0 unspecified atom stereocenters. The van der Waals surface area contributed by atoms with E-state index in [2.05, 4.69) is 6.07 Å². The Bertz CT molecular complexity index is 644. The number of rotatable bonds is 8. The normalized spacial score (nSPS) is 10.3. The molecule has 1 N–H and O–H groups in total. The van der Waals surface area contributed by atoms with E-state index in [1.54, 1.807) is 0 Å². The topological polar surface area (TPSA) is 55.8 Å². The zero-order chi connectivity index (χ0) is 16.7. The van der Waals surface area contributed by atoms with Crippen LogP contribution < -0.4 is 9.47 Å². The molecule has 0 amide bonds. The van der Waals surface area contributed by atoms with Crippen molar-refractivity contribution in [2.24, 2.45) is 0 Å². The number of benzene rings is 2. The Kier molecular flexibility index (Phi) is 6.03. The standard InChI is InChI=1S/C19H22O4/c1-14-11-15(2)13-17(12-14)22-9-10-23-18-6-4-3-5-16(18)7-8-19(20)21/h3-6,11-13H,7-10H2,1-2H3,(H,20,21). The lowest BCUT2D eigenvalue weighted by atomic mass is 10.1. The summed E-state index contributed by atoms with van der Waals surface area (Å²) in [6.45, 7) is 4.93. The molecular formula is C19H22O4. The summed E-state index contributed by atoms with van der Waals surface area (Å²) in [6.07, 6.45) is 0.558. The molecule has 0 aliphatic rings. The minimum absolute atomic E-state index is 0.0967. The lowest BCUT2D eigenvalue weighted by molar-refractivity contribution is -0.136. The molecule has 0 saturated heterocycles. The van der Waals surface area contributed by atoms with Gasteiger partial charge in [0.1, 0.15) is 24.7 Å². The summed E-state index contributed by atoms with van der Waals surface area (Å²) in [5, 5.41) is 8.79. The van der Waals surface area contributed by atoms with Gasteiger partial charge in [0.2, 0.25) is 0 Å². The fourth-order valence-electron chi connectivity index (χ4n) is 2.42. The van der Waals surface area contributed by atoms with Gasteiger partial charge in [-0.1, -0.05) is 24.3 Å². The van der Waals surface area contributed by atoms with Crippen molar-refractivity contribution in [3.8, 4) is 11.5 Å². The molecular weight excluding hydrogens is 292 g/mol. The minimum atomic E-state index is -0.807. The number of carboxylic acids is 1. The van der Waals surface area contributed by atoms with E-state index in [1.807, 2.05) is 50.2 Å². The SMILES string of the molecule is Cc1cc(C)cc(OCCOc2ccccc2CCC(=O)O)c1. The first-order valence-electron chi connectivity index (χ1n) is 7.68. The molecule has 0 radical (unpaired) electrons. The maximum atomic E-state index is 10.7. The quantitative estimate of drug-likeness (QED) is 0.753. The molecule has 2 aromatic carbocycles. The number of carbonyl (C=O) groups is 1. The number of carboxylic acid groups (broad SMARTS) is 1. The smallest absolute Gasteiger partial charge is 0.303 e. The molecule has 122 valence electrons. The van der Waals surface area contributed by atoms with Crippen molar-refractivity contribution < 1.29 is 19.4 Å². The van der Waals surface area contributed by atoms with Crippen LogP contribution in [0.4, 0.5) is 0 Å². The largest absolute Gasteiger partial charge is 0.490 e. The summed E-state index contributed by atoms with van der Waals surface area (Å²) in [5.74, 6) is 0.751. The van der Waals surface area contributed by atoms with Gasteiger partial charge in [0.15, 0.2) is 0 Å². The van der Waals surface area contributed by atoms with Gasteiger partial charge in [-0.05, 0) is 55.2 Å². The molecule has 0 saturated carbocycles. The Morgan fingerprint density at radius 3 is 2.35 bits per heavy atom. The highest BCUT2D eigenvalue weighted by Gasteiger charge is 2.06. The second kappa shape index (κ2) is 8.22. The molecule has 2 rings (SSSR count). The number of ether oxygens (including phenoxy) is 2. The van der Waals surface area contributed by atoms with E-state index in [0.717, 1.165) is 17.1 Å². The van der Waals surface area contributed by atoms with E-state index in [1.165, 1.54) is 11.1 Å². The second-order valence-electron chi connectivity index (χ2n) is 5.52. The van der Waals surface area contributed by atoms with E-state index in [4.69, 9.17) is 14.6 Å². The average molecular weight is 314 g/mol. The van der Waals surface area contributed by atoms with Crippen LogP contribution in [0.3, 0.4) is 0 Å². The van der Waals surface area contributed by atoms with Crippen LogP contribution >= 0.6 is 0 Å². The van der Waals surface area contributed by atoms with Crippen LogP contribution in [0.5, 0.6) is 11.5 Å². The van der Waals surface area contributed by atoms with Crippen molar-refractivity contribution in [1.82, 2.24) is 0 Å². The Balaban J connectivity index is 1.85. The van der Waals surface area contributed by atoms with E-state index in [0.29, 0.717) is 19.6 Å². The number of para-hydroxylation sites is 1. The summed E-state index contributed by atoms with van der Waals surface area (Å²) in [5.41, 5.74) is 3.24. The van der Waals surface area contributed by atoms with E-state index in [9.17, 15) is 4.79 Å². The molecule has 0 bridgehead atoms. The van der Waals surface area contributed by atoms with Gasteiger partial charge in [-0.25, -0.2) is 0 Å². The van der Waals surface area contributed by atoms with Crippen molar-refractivity contribution in [1.29, 1.82) is 0 Å². The zero-order valence-electron chi connectivity index (χ0n) is 13.5. The third-order valence-corrected chi connectivity index (χ3v) is 3.39. The first-order valence-corrected chi connectivity index (χ1v) is 7.68. The molecule has 23 heavy (non-hydrogen) atoms. The van der Waals surface area contributed by atoms with Crippen LogP contribution in [-0.2, 0) is 11.2 Å². The molecule has 0 heterocycles. The Morgan fingerprint density at radius 1 is 1.00 bits per heavy atom. The highest BCUT2D eigenvalue weighted by Crippen LogP contribution is 2.20. The van der Waals surface area contributed by atoms with Gasteiger partial charge in [0.25, 0.3) is 0 Å². The molecule has 0 atom stereocenters. The lowest BCUT2D eigenvalue weighted by Crippen LogP contribution is -2.10. The molecule has 0 aliphatic carbocycles. The van der Waals surface area contributed by atoms with E-state index in [-0.39, 0.29) is 6.42 Å². The Hall–Kier alpha value is -2.49. The maximum absolute atomic E-state index is 10.7. The minimum Gasteiger partial charge on any atom is -0.490 e. The predicted molar refractivity (Wildman–Crippen MR) is 89.3 cm³/mol. The zero-order valence-corrected chi connectivity index (χ0v) is 13.5. The fourth-order valence-corrected chi connectivity index (χ4v) is 2.42. The monoisotopic (exact) mass is 314 g/mol. The van der Waals surface area contributed by atoms with Crippen LogP contribution in [0.2, 0.25) is 0 Å². The lowest BCUT2D eigenvalue weighted by Gasteiger charge is -2.12. The molecule has 2 aromatic rings. The second-order valence-corrected chi connectivity index (χ2v) is 5.52. The van der Waals surface area contributed by atoms with Gasteiger partial charge < -0.3 is 14.6 Å². The van der Waals surface area contributed by atoms with Gasteiger partial charge in [0, 0.05) is 6.42 Å². The summed E-state index contributed by atoms with van der Waals surface area (Å²) in [6, 6.07) is 13.6. The first-order chi connectivity index (χ1) is 11.0. The van der Waals surface area contributed by atoms with E-state index >= 15 is 0 Å². The van der Waals surface area contributed by atoms with Crippen LogP contribution in [0, 0.1) is 13.8 Å². The van der Waals surface area contributed by atoms with Gasteiger partial charge >= 0.3 is 5.97 Å². The number of hydrogen-bond acceptors (Lipinski definition) is 3. The van der Waals surface area contributed by atoms with Crippen LogP contribution in [0.1, 0.15) is 23.1 Å². The molecule has 4 heteroatoms. The van der Waals surface area contributed by atoms with Gasteiger partial charge in [-0.15, -0.1) is 0 Å². The maximum Gasteiger partial charge on any atom is 0.303 e. The van der Waals surface area contributed by atoms with Crippen LogP contribution in [0.15, 0.2) is 42.5 Å². The molecule has 0 spiro atoms. The summed E-state index contributed by atoms with van der Waals surface area (Å²) in [4.78, 5) is 10.7. The molecule has 4 nitrogen and oxygen atoms in total. The summed E-state index contributed by atoms with van der Waals surface area (Å²) >= 11 is 0. The number of aliphatic carboxylic acids is 1. The molecule has 0 aliphatic heterocycles. The van der Waals surface area contributed by atoms with E-state index < -0.39 is 5.97 Å². The Morgan fingerprint density at radius 2 is 1.65 bits per heavy atom. The van der Waals surface area contributed by atoms with Crippen molar-refractivity contribution >= 4 is 5.97 Å². The Labute approximate surface area is 136 Å². The van der Waals surface area contributed by atoms with Crippen molar-refractivity contribution in [2.45, 2.75) is 26.7 Å². The number of aryl methyl sites for hydroxylation is 3. The van der Waals surface area contributed by atoms with Crippen molar-refractivity contribution in [3.63, 3.8) is 0 Å². The average Bonchev–Trinajstić information content (AvgIpc) is 2.49. The fraction of sp³-hybridized carbons (Fsp3) is 0.316. The summed E-state index contributed by atoms with van der Waals surface area (Å²) in [7, 11) is 0. The predicted octanol–water partition coefficient (Wildman–Crippen LogP) is 3.78. The molecule has 0 fully saturated rings. The number of hydrogen-bond donors (Lipinski definition) is 1. The van der Waals surface area contributed by atoms with Crippen molar-refractivity contribution in [2.75, 3.05) is 13.2 Å². The van der Waals surface area contributed by atoms with Crippen LogP contribution in [0.25, 0.3) is 0 Å². The third kappa shape index (κ3) is 5.66. The van der Waals surface area contributed by atoms with Gasteiger partial charge in [-0.2, -0.15) is 0 Å². The van der Waals surface area contributed by atoms with Gasteiger partial charge in [0.05, 0.1) is 0 Å². The highest BCUT2D eigenvalue weighted by atomic mass is 16.5. The first kappa shape index (κ1) is 16.9. The van der Waals surface area contributed by atoms with Crippen molar-refractivity contribution in [3.05, 3.63) is 59.2 Å².